The van der Waals surface area contributed by atoms with Crippen LogP contribution in [0.3, 0.4) is 0 Å². The molecular weight excluding hydrogens is 200 g/mol. The first-order chi connectivity index (χ1) is 7.09. The summed E-state index contributed by atoms with van der Waals surface area (Å²) in [6, 6.07) is 0. The van der Waals surface area contributed by atoms with Crippen LogP contribution >= 0.6 is 0 Å². The van der Waals surface area contributed by atoms with E-state index < -0.39 is 6.43 Å². The highest BCUT2D eigenvalue weighted by atomic mass is 19.3. The molecule has 1 heterocycles. The Morgan fingerprint density at radius 3 is 2.73 bits per heavy atom. The van der Waals surface area contributed by atoms with E-state index in [9.17, 15) is 8.78 Å². The molecule has 2 rings (SSSR count). The van der Waals surface area contributed by atoms with E-state index in [2.05, 4.69) is 5.10 Å². The summed E-state index contributed by atoms with van der Waals surface area (Å²) in [5, 5.41) is 3.82. The fourth-order valence-electron chi connectivity index (χ4n) is 2.16. The van der Waals surface area contributed by atoms with Crippen LogP contribution < -0.4 is 5.73 Å². The van der Waals surface area contributed by atoms with Crippen molar-refractivity contribution in [3.63, 3.8) is 0 Å². The highest BCUT2D eigenvalue weighted by Gasteiger charge is 2.46. The molecule has 1 fully saturated rings. The lowest BCUT2D eigenvalue weighted by molar-refractivity contribution is 0.143. The monoisotopic (exact) mass is 215 g/mol. The molecule has 0 unspecified atom stereocenters. The molecule has 0 amide bonds. The zero-order valence-corrected chi connectivity index (χ0v) is 8.71. The largest absolute Gasteiger partial charge is 0.330 e. The first-order valence-electron chi connectivity index (χ1n) is 5.11. The van der Waals surface area contributed by atoms with Crippen molar-refractivity contribution in [1.29, 1.82) is 0 Å². The van der Waals surface area contributed by atoms with Crippen LogP contribution in [-0.2, 0) is 12.5 Å². The molecule has 15 heavy (non-hydrogen) atoms. The minimum Gasteiger partial charge on any atom is -0.330 e. The van der Waals surface area contributed by atoms with Gasteiger partial charge in [0.25, 0.3) is 6.43 Å². The van der Waals surface area contributed by atoms with Crippen molar-refractivity contribution in [2.24, 2.45) is 12.8 Å². The van der Waals surface area contributed by atoms with Crippen LogP contribution in [0.25, 0.3) is 0 Å². The number of halogens is 2. The predicted octanol–water partition coefficient (Wildman–Crippen LogP) is 1.74. The minimum absolute atomic E-state index is 0.0662. The van der Waals surface area contributed by atoms with Gasteiger partial charge in [-0.05, 0) is 25.8 Å². The second-order valence-corrected chi connectivity index (χ2v) is 4.22. The van der Waals surface area contributed by atoms with Gasteiger partial charge < -0.3 is 5.73 Å². The second-order valence-electron chi connectivity index (χ2n) is 4.22. The Balaban J connectivity index is 2.34. The summed E-state index contributed by atoms with van der Waals surface area (Å²) in [6.45, 7) is 0.539. The summed E-state index contributed by atoms with van der Waals surface area (Å²) in [4.78, 5) is 0. The van der Waals surface area contributed by atoms with Gasteiger partial charge in [-0.25, -0.2) is 8.78 Å². The Labute approximate surface area is 87.3 Å². The van der Waals surface area contributed by atoms with Crippen molar-refractivity contribution >= 4 is 0 Å². The molecule has 1 aromatic rings. The van der Waals surface area contributed by atoms with Crippen molar-refractivity contribution in [1.82, 2.24) is 9.78 Å². The molecule has 1 aliphatic rings. The average molecular weight is 215 g/mol. The number of aromatic nitrogens is 2. The summed E-state index contributed by atoms with van der Waals surface area (Å²) >= 11 is 0. The number of rotatable bonds is 4. The summed E-state index contributed by atoms with van der Waals surface area (Å²) in [6.07, 6.45) is 1.91. The molecule has 0 aromatic carbocycles. The van der Waals surface area contributed by atoms with Crippen LogP contribution in [0.5, 0.6) is 0 Å². The SMILES string of the molecule is Cn1cc(C2(CCN)CC2)c(C(F)F)n1. The normalized spacial score (nSPS) is 18.5. The zero-order chi connectivity index (χ0) is 11.1. The maximum Gasteiger partial charge on any atom is 0.282 e. The van der Waals surface area contributed by atoms with Gasteiger partial charge in [0.1, 0.15) is 5.69 Å². The molecule has 1 aliphatic carbocycles. The maximum absolute atomic E-state index is 12.7. The molecule has 84 valence electrons. The number of aryl methyl sites for hydroxylation is 1. The lowest BCUT2D eigenvalue weighted by Gasteiger charge is -2.13. The van der Waals surface area contributed by atoms with E-state index in [1.165, 1.54) is 4.68 Å². The van der Waals surface area contributed by atoms with E-state index in [-0.39, 0.29) is 11.1 Å². The molecule has 0 atom stereocenters. The molecule has 1 saturated carbocycles. The fourth-order valence-corrected chi connectivity index (χ4v) is 2.16. The third kappa shape index (κ3) is 1.76. The van der Waals surface area contributed by atoms with Crippen LogP contribution in [0.4, 0.5) is 8.78 Å². The maximum atomic E-state index is 12.7. The van der Waals surface area contributed by atoms with Crippen LogP contribution in [0.1, 0.15) is 36.9 Å². The van der Waals surface area contributed by atoms with Gasteiger partial charge in [-0.3, -0.25) is 4.68 Å². The fraction of sp³-hybridized carbons (Fsp3) is 0.700. The number of hydrogen-bond donors (Lipinski definition) is 1. The Morgan fingerprint density at radius 1 is 1.60 bits per heavy atom. The molecule has 5 heteroatoms. The topological polar surface area (TPSA) is 43.8 Å². The molecule has 2 N–H and O–H groups in total. The van der Waals surface area contributed by atoms with Gasteiger partial charge in [0, 0.05) is 24.2 Å². The summed E-state index contributed by atoms with van der Waals surface area (Å²) in [5.41, 5.74) is 6.04. The first kappa shape index (κ1) is 10.5. The van der Waals surface area contributed by atoms with Gasteiger partial charge in [0.05, 0.1) is 0 Å². The average Bonchev–Trinajstić information content (AvgIpc) is 2.82. The summed E-state index contributed by atoms with van der Waals surface area (Å²) in [5.74, 6) is 0. The van der Waals surface area contributed by atoms with Gasteiger partial charge in [0.2, 0.25) is 0 Å². The van der Waals surface area contributed by atoms with E-state index in [1.54, 1.807) is 13.2 Å². The first-order valence-corrected chi connectivity index (χ1v) is 5.11. The Morgan fingerprint density at radius 2 is 2.27 bits per heavy atom. The predicted molar refractivity (Wildman–Crippen MR) is 52.7 cm³/mol. The van der Waals surface area contributed by atoms with Crippen molar-refractivity contribution in [2.75, 3.05) is 6.54 Å². The zero-order valence-electron chi connectivity index (χ0n) is 8.71. The Kier molecular flexibility index (Phi) is 2.50. The van der Waals surface area contributed by atoms with Crippen molar-refractivity contribution in [2.45, 2.75) is 31.1 Å². The highest BCUT2D eigenvalue weighted by Crippen LogP contribution is 2.52. The minimum atomic E-state index is -2.49. The molecule has 3 nitrogen and oxygen atoms in total. The molecule has 0 aliphatic heterocycles. The molecular formula is C10H15F2N3. The van der Waals surface area contributed by atoms with E-state index in [1.807, 2.05) is 0 Å². The third-order valence-electron chi connectivity index (χ3n) is 3.11. The van der Waals surface area contributed by atoms with Crippen LogP contribution in [0, 0.1) is 0 Å². The molecule has 0 saturated heterocycles. The van der Waals surface area contributed by atoms with E-state index >= 15 is 0 Å². The summed E-state index contributed by atoms with van der Waals surface area (Å²) in [7, 11) is 1.67. The van der Waals surface area contributed by atoms with Crippen LogP contribution in [-0.4, -0.2) is 16.3 Å². The second kappa shape index (κ2) is 3.56. The quantitative estimate of drug-likeness (QED) is 0.831. The van der Waals surface area contributed by atoms with Crippen LogP contribution in [0.2, 0.25) is 0 Å². The lowest BCUT2D eigenvalue weighted by atomic mass is 9.93. The van der Waals surface area contributed by atoms with Gasteiger partial charge >= 0.3 is 0 Å². The highest BCUT2D eigenvalue weighted by molar-refractivity contribution is 5.34. The number of hydrogen-bond acceptors (Lipinski definition) is 2. The molecule has 1 aromatic heterocycles. The Bertz CT molecular complexity index is 356. The van der Waals surface area contributed by atoms with E-state index in [4.69, 9.17) is 5.73 Å². The number of nitrogens with zero attached hydrogens (tertiary/aromatic N) is 2. The Hall–Kier alpha value is -0.970. The van der Waals surface area contributed by atoms with Gasteiger partial charge in [-0.1, -0.05) is 0 Å². The van der Waals surface area contributed by atoms with Crippen LogP contribution in [0.15, 0.2) is 6.20 Å². The van der Waals surface area contributed by atoms with Gasteiger partial charge in [-0.15, -0.1) is 0 Å². The van der Waals surface area contributed by atoms with E-state index in [0.29, 0.717) is 12.1 Å². The number of alkyl halides is 2. The van der Waals surface area contributed by atoms with E-state index in [0.717, 1.165) is 19.3 Å². The van der Waals surface area contributed by atoms with Gasteiger partial charge in [-0.2, -0.15) is 5.10 Å². The van der Waals surface area contributed by atoms with Gasteiger partial charge in [0.15, 0.2) is 0 Å². The smallest absolute Gasteiger partial charge is 0.282 e. The third-order valence-corrected chi connectivity index (χ3v) is 3.11. The molecule has 0 radical (unpaired) electrons. The standard InChI is InChI=1S/C10H15F2N3/c1-15-6-7(8(14-15)9(11)12)10(2-3-10)4-5-13/h6,9H,2-5,13H2,1H3. The molecule has 0 bridgehead atoms. The van der Waals surface area contributed by atoms with Crippen molar-refractivity contribution < 1.29 is 8.78 Å². The van der Waals surface area contributed by atoms with Crippen molar-refractivity contribution in [3.8, 4) is 0 Å². The van der Waals surface area contributed by atoms with Crippen molar-refractivity contribution in [3.05, 3.63) is 17.5 Å². The molecule has 0 spiro atoms. The lowest BCUT2D eigenvalue weighted by Crippen LogP contribution is -2.14. The summed E-state index contributed by atoms with van der Waals surface area (Å²) < 4.78 is 26.9. The number of nitrogens with two attached hydrogens (primary N) is 1.